The first-order valence-corrected chi connectivity index (χ1v) is 44.9. The van der Waals surface area contributed by atoms with Gasteiger partial charge in [0, 0.05) is 55.9 Å². The maximum absolute atomic E-state index is 10.9. The number of carbonyl (C=O) groups excluding carboxylic acids is 8. The van der Waals surface area contributed by atoms with Crippen LogP contribution in [-0.2, 0) is 68.3 Å². The van der Waals surface area contributed by atoms with Crippen LogP contribution >= 0.6 is 46.4 Å². The summed E-state index contributed by atoms with van der Waals surface area (Å²) < 4.78 is 0. The third kappa shape index (κ3) is 42.0. The molecule has 0 aliphatic heterocycles. The first-order valence-electron chi connectivity index (χ1n) is 42.8. The van der Waals surface area contributed by atoms with Crippen LogP contribution in [0.25, 0.3) is 89.0 Å². The van der Waals surface area contributed by atoms with Gasteiger partial charge in [-0.05, 0) is 129 Å². The smallest absolute Gasteiger partial charge is 0.545 e. The normalized spacial score (nSPS) is 9.39. The summed E-state index contributed by atoms with van der Waals surface area (Å²) in [6.07, 6.45) is 0. The SMILES string of the molecule is Cc1cc(C)[nH]n1.Cc1cc(C)[nH]n1.ClCCl.ClCCl.O=C([O-])c1ccccc1-c1ccccc1.O=C([O-])c1ccccc1-c1ccccc1.O=C([O-])c1ccccc1-c1ccccc1.O=C([O-])c1ccccc1-c1ccccc1.O=C([O-])c1ccccc1-c1ccccc1.O=C([O-])c1ccccc1-c1ccccc1.O=C([O-])c1ccccc1-c1ccccc1.O=C([O-])c1ccccc1-c1ccccc1.[Fe+2].[Fe+2].[Fe+2].[Fe+2]. The fourth-order valence-electron chi connectivity index (χ4n) is 13.4. The number of hydrogen-bond donors (Lipinski definition) is 2. The van der Waals surface area contributed by atoms with Crippen molar-refractivity contribution in [2.24, 2.45) is 0 Å². The van der Waals surface area contributed by atoms with Gasteiger partial charge in [-0.2, -0.15) is 10.2 Å². The molecule has 144 heavy (non-hydrogen) atoms. The van der Waals surface area contributed by atoms with Crippen LogP contribution in [0.4, 0.5) is 0 Å². The average Bonchev–Trinajstić information content (AvgIpc) is 1.23. The number of aromatic carboxylic acids is 8. The van der Waals surface area contributed by atoms with Crippen molar-refractivity contribution < 1.29 is 147 Å². The molecule has 20 nitrogen and oxygen atoms in total. The predicted octanol–water partition coefficient (Wildman–Crippen LogP) is 18.6. The van der Waals surface area contributed by atoms with E-state index in [4.69, 9.17) is 46.4 Å². The van der Waals surface area contributed by atoms with Crippen LogP contribution in [-0.4, -0.2) is 78.8 Å². The third-order valence-electron chi connectivity index (χ3n) is 19.5. The van der Waals surface area contributed by atoms with Crippen LogP contribution in [0.1, 0.15) is 106 Å². The van der Waals surface area contributed by atoms with E-state index < -0.39 is 47.8 Å². The van der Waals surface area contributed by atoms with E-state index in [2.05, 4.69) is 20.4 Å². The molecule has 16 aromatic carbocycles. The van der Waals surface area contributed by atoms with E-state index in [-0.39, 0.29) is 123 Å². The van der Waals surface area contributed by atoms with Crippen molar-refractivity contribution in [1.29, 1.82) is 0 Å². The Morgan fingerprint density at radius 3 is 0.361 bits per heavy atom. The van der Waals surface area contributed by atoms with Crippen molar-refractivity contribution >= 4 is 94.2 Å². The van der Waals surface area contributed by atoms with Crippen molar-refractivity contribution in [3.63, 3.8) is 0 Å². The Hall–Kier alpha value is -15.1. The number of halogens is 4. The zero-order chi connectivity index (χ0) is 101. The zero-order valence-corrected chi connectivity index (χ0v) is 84.9. The second-order valence-corrected chi connectivity index (χ2v) is 30.8. The molecule has 0 atom stereocenters. The predicted molar refractivity (Wildman–Crippen MR) is 539 cm³/mol. The molecule has 0 radical (unpaired) electrons. The molecule has 0 saturated heterocycles. The van der Waals surface area contributed by atoms with E-state index in [0.29, 0.717) is 44.5 Å². The molecule has 0 spiro atoms. The number of hydrogen-bond acceptors (Lipinski definition) is 18. The third-order valence-corrected chi connectivity index (χ3v) is 19.5. The van der Waals surface area contributed by atoms with Crippen molar-refractivity contribution in [3.05, 3.63) is 516 Å². The van der Waals surface area contributed by atoms with E-state index in [9.17, 15) is 79.2 Å². The molecule has 732 valence electrons. The van der Waals surface area contributed by atoms with Gasteiger partial charge in [0.05, 0.1) is 69.8 Å². The van der Waals surface area contributed by atoms with Gasteiger partial charge in [0.1, 0.15) is 0 Å². The maximum atomic E-state index is 10.9. The Kier molecular flexibility index (Phi) is 58.9. The van der Waals surface area contributed by atoms with Crippen molar-refractivity contribution in [1.82, 2.24) is 20.4 Å². The number of carboxylic acid groups (broad SMARTS) is 8. The molecule has 18 rings (SSSR count). The Labute approximate surface area is 898 Å². The van der Waals surface area contributed by atoms with Gasteiger partial charge in [-0.1, -0.05) is 437 Å². The Balaban J connectivity index is 0.000000410. The minimum Gasteiger partial charge on any atom is -0.545 e. The Morgan fingerprint density at radius 1 is 0.188 bits per heavy atom. The average molecular weight is 2160 g/mol. The number of carbonyl (C=O) groups is 8. The maximum Gasteiger partial charge on any atom is 2.00 e. The minimum atomic E-state index is -1.14. The van der Waals surface area contributed by atoms with E-state index >= 15 is 0 Å². The summed E-state index contributed by atoms with van der Waals surface area (Å²) in [7, 11) is 0. The largest absolute Gasteiger partial charge is 2.00 e. The van der Waals surface area contributed by atoms with Crippen molar-refractivity contribution in [2.75, 3.05) is 10.7 Å². The zero-order valence-electron chi connectivity index (χ0n) is 77.5. The molecule has 0 saturated carbocycles. The van der Waals surface area contributed by atoms with E-state index in [1.807, 2.05) is 331 Å². The molecular formula is C116H92Cl4Fe4N4O16. The summed E-state index contributed by atoms with van der Waals surface area (Å²) in [5.41, 5.74) is 18.8. The standard InChI is InChI=1S/8C13H10O2.2C5H8N2.2CH2Cl2.4Fe/c8*14-13(15)12-9-5-4-8-11(12)10-6-2-1-3-7-10;2*1-4-3-5(2)7-6-4;2*2-1-3;;;;/h8*1-9H,(H,14,15);2*3H,1-2H3,(H,6,7);2*1H2;;;;/q;;;;;;;;;;;;4*+2/p-8. The van der Waals surface area contributed by atoms with Crippen LogP contribution in [0, 0.1) is 27.7 Å². The first-order chi connectivity index (χ1) is 67.7. The summed E-state index contributed by atoms with van der Waals surface area (Å²) in [5.74, 6) is -9.15. The van der Waals surface area contributed by atoms with Gasteiger partial charge < -0.3 is 79.2 Å². The second-order valence-electron chi connectivity index (χ2n) is 29.2. The van der Waals surface area contributed by atoms with Gasteiger partial charge in [-0.25, -0.2) is 0 Å². The summed E-state index contributed by atoms with van der Waals surface area (Å²) in [5, 5.41) is 101. The van der Waals surface area contributed by atoms with Gasteiger partial charge >= 0.3 is 68.3 Å². The summed E-state index contributed by atoms with van der Waals surface area (Å²) in [6.45, 7) is 7.90. The molecule has 0 aliphatic rings. The summed E-state index contributed by atoms with van der Waals surface area (Å²) >= 11 is 19.1. The first kappa shape index (κ1) is 123. The number of nitrogens with one attached hydrogen (secondary N) is 2. The second kappa shape index (κ2) is 68.9. The van der Waals surface area contributed by atoms with Gasteiger partial charge in [-0.15, -0.1) is 46.4 Å². The molecule has 0 bridgehead atoms. The van der Waals surface area contributed by atoms with Crippen LogP contribution in [0.2, 0.25) is 0 Å². The molecule has 0 amide bonds. The van der Waals surface area contributed by atoms with Gasteiger partial charge in [-0.3, -0.25) is 10.2 Å². The summed E-state index contributed by atoms with van der Waals surface area (Å²) in [4.78, 5) is 87.1. The van der Waals surface area contributed by atoms with Gasteiger partial charge in [0.25, 0.3) is 0 Å². The van der Waals surface area contributed by atoms with E-state index in [1.165, 1.54) is 0 Å². The molecule has 0 unspecified atom stereocenters. The quantitative estimate of drug-likeness (QED) is 0.0670. The summed E-state index contributed by atoms with van der Waals surface area (Å²) in [6, 6.07) is 134. The fraction of sp³-hybridized carbons (Fsp3) is 0.0517. The van der Waals surface area contributed by atoms with Crippen LogP contribution < -0.4 is 40.9 Å². The Morgan fingerprint density at radius 2 is 0.285 bits per heavy atom. The van der Waals surface area contributed by atoms with Gasteiger partial charge in [0.15, 0.2) is 0 Å². The monoisotopic (exact) mass is 2160 g/mol. The van der Waals surface area contributed by atoms with E-state index in [0.717, 1.165) is 67.3 Å². The van der Waals surface area contributed by atoms with Crippen LogP contribution in [0.15, 0.2) is 449 Å². The number of benzene rings is 16. The van der Waals surface area contributed by atoms with Gasteiger partial charge in [0.2, 0.25) is 0 Å². The molecule has 2 N–H and O–H groups in total. The molecule has 2 aromatic heterocycles. The number of alkyl halides is 4. The number of aromatic nitrogens is 4. The number of H-pyrrole nitrogens is 2. The number of aryl methyl sites for hydroxylation is 4. The fourth-order valence-corrected chi connectivity index (χ4v) is 13.4. The molecule has 28 heteroatoms. The Bertz CT molecular complexity index is 5700. The minimum absolute atomic E-state index is 0. The topological polar surface area (TPSA) is 378 Å². The number of aromatic amines is 2. The van der Waals surface area contributed by atoms with E-state index in [1.54, 1.807) is 146 Å². The number of nitrogens with zero attached hydrogens (tertiary/aromatic N) is 2. The van der Waals surface area contributed by atoms with Crippen molar-refractivity contribution in [3.8, 4) is 89.0 Å². The molecule has 2 heterocycles. The number of rotatable bonds is 16. The molecular weight excluding hydrogens is 2070 g/mol. The molecule has 0 fully saturated rings. The van der Waals surface area contributed by atoms with Crippen molar-refractivity contribution in [2.45, 2.75) is 27.7 Å². The van der Waals surface area contributed by atoms with Crippen LogP contribution in [0.5, 0.6) is 0 Å². The molecule has 0 aliphatic carbocycles. The number of carboxylic acids is 8. The molecule has 18 aromatic rings. The van der Waals surface area contributed by atoms with Crippen LogP contribution in [0.3, 0.4) is 0 Å².